The minimum Gasteiger partial charge on any atom is -0.486 e. The van der Waals surface area contributed by atoms with Crippen LogP contribution in [0.5, 0.6) is 11.5 Å². The lowest BCUT2D eigenvalue weighted by molar-refractivity contribution is 0.171. The highest BCUT2D eigenvalue weighted by Crippen LogP contribution is 2.34. The molecule has 0 saturated carbocycles. The van der Waals surface area contributed by atoms with Crippen LogP contribution in [0.15, 0.2) is 23.1 Å². The monoisotopic (exact) mass is 283 g/mol. The van der Waals surface area contributed by atoms with E-state index >= 15 is 0 Å². The van der Waals surface area contributed by atoms with Gasteiger partial charge in [0.1, 0.15) is 13.2 Å². The van der Waals surface area contributed by atoms with Crippen molar-refractivity contribution >= 4 is 11.8 Å². The van der Waals surface area contributed by atoms with Crippen LogP contribution in [0.25, 0.3) is 0 Å². The van der Waals surface area contributed by atoms with Crippen LogP contribution in [-0.2, 0) is 0 Å². The Kier molecular flexibility index (Phi) is 5.82. The Hall–Kier alpha value is -0.910. The minimum atomic E-state index is 0.222. The maximum Gasteiger partial charge on any atom is 0.162 e. The Morgan fingerprint density at radius 2 is 2.11 bits per heavy atom. The van der Waals surface area contributed by atoms with Gasteiger partial charge in [-0.3, -0.25) is 0 Å². The molecule has 1 aliphatic rings. The maximum absolute atomic E-state index is 9.03. The highest BCUT2D eigenvalue weighted by Gasteiger charge is 2.13. The summed E-state index contributed by atoms with van der Waals surface area (Å²) in [7, 11) is 0. The van der Waals surface area contributed by atoms with Gasteiger partial charge in [-0.15, -0.1) is 11.8 Å². The molecule has 0 radical (unpaired) electrons. The third-order valence-corrected chi connectivity index (χ3v) is 4.09. The van der Waals surface area contributed by atoms with Crippen molar-refractivity contribution in [1.29, 1.82) is 0 Å². The second-order valence-corrected chi connectivity index (χ2v) is 5.48. The van der Waals surface area contributed by atoms with Crippen molar-refractivity contribution < 1.29 is 14.6 Å². The van der Waals surface area contributed by atoms with Crippen molar-refractivity contribution in [2.24, 2.45) is 0 Å². The standard InChI is InChI=1S/C14H21NO3S/c1-2-15-11(5-6-16)10-19-12-3-4-13-14(9-12)18-8-7-17-13/h3-4,9,11,15-16H,2,5-8,10H2,1H3. The molecule has 0 spiro atoms. The molecule has 106 valence electrons. The molecule has 1 atom stereocenters. The predicted octanol–water partition coefficient (Wildman–Crippen LogP) is 1.91. The molecular formula is C14H21NO3S. The molecule has 0 amide bonds. The fourth-order valence-corrected chi connectivity index (χ4v) is 3.03. The Morgan fingerprint density at radius 1 is 1.32 bits per heavy atom. The Labute approximate surface area is 118 Å². The third kappa shape index (κ3) is 4.30. The first-order chi connectivity index (χ1) is 9.33. The second kappa shape index (κ2) is 7.62. The summed E-state index contributed by atoms with van der Waals surface area (Å²) in [5.41, 5.74) is 0. The normalized spacial score (nSPS) is 15.3. The summed E-state index contributed by atoms with van der Waals surface area (Å²) >= 11 is 1.77. The third-order valence-electron chi connectivity index (χ3n) is 2.94. The van der Waals surface area contributed by atoms with E-state index in [9.17, 15) is 0 Å². The number of thioether (sulfide) groups is 1. The fourth-order valence-electron chi connectivity index (χ4n) is 2.00. The molecule has 1 aliphatic heterocycles. The molecular weight excluding hydrogens is 262 g/mol. The number of hydrogen-bond donors (Lipinski definition) is 2. The first kappa shape index (κ1) is 14.5. The van der Waals surface area contributed by atoms with Gasteiger partial charge in [-0.25, -0.2) is 0 Å². The molecule has 0 aliphatic carbocycles. The molecule has 2 rings (SSSR count). The van der Waals surface area contributed by atoms with Crippen molar-refractivity contribution in [3.63, 3.8) is 0 Å². The van der Waals surface area contributed by atoms with Crippen LogP contribution in [0.2, 0.25) is 0 Å². The summed E-state index contributed by atoms with van der Waals surface area (Å²) in [6.07, 6.45) is 0.783. The number of benzene rings is 1. The number of ether oxygens (including phenoxy) is 2. The summed E-state index contributed by atoms with van der Waals surface area (Å²) in [6.45, 7) is 4.47. The Balaban J connectivity index is 1.91. The first-order valence-electron chi connectivity index (χ1n) is 6.70. The summed E-state index contributed by atoms with van der Waals surface area (Å²) in [5, 5.41) is 12.4. The SMILES string of the molecule is CCNC(CCO)CSc1ccc2c(c1)OCCO2. The molecule has 0 saturated heterocycles. The quantitative estimate of drug-likeness (QED) is 0.749. The fraction of sp³-hybridized carbons (Fsp3) is 0.571. The molecule has 1 unspecified atom stereocenters. The van der Waals surface area contributed by atoms with E-state index in [0.29, 0.717) is 19.3 Å². The van der Waals surface area contributed by atoms with Crippen LogP contribution in [0.3, 0.4) is 0 Å². The van der Waals surface area contributed by atoms with Crippen LogP contribution in [0.4, 0.5) is 0 Å². The van der Waals surface area contributed by atoms with Gasteiger partial charge in [-0.1, -0.05) is 6.92 Å². The van der Waals surface area contributed by atoms with Crippen molar-refractivity contribution in [2.75, 3.05) is 32.1 Å². The lowest BCUT2D eigenvalue weighted by Crippen LogP contribution is -2.32. The first-order valence-corrected chi connectivity index (χ1v) is 7.68. The molecule has 19 heavy (non-hydrogen) atoms. The van der Waals surface area contributed by atoms with E-state index in [4.69, 9.17) is 14.6 Å². The van der Waals surface area contributed by atoms with Gasteiger partial charge in [0, 0.05) is 23.3 Å². The van der Waals surface area contributed by atoms with Gasteiger partial charge >= 0.3 is 0 Å². The van der Waals surface area contributed by atoms with E-state index in [1.807, 2.05) is 12.1 Å². The van der Waals surface area contributed by atoms with Gasteiger partial charge in [-0.05, 0) is 31.2 Å². The van der Waals surface area contributed by atoms with Crippen molar-refractivity contribution in [3.05, 3.63) is 18.2 Å². The van der Waals surface area contributed by atoms with E-state index in [1.54, 1.807) is 11.8 Å². The van der Waals surface area contributed by atoms with E-state index in [-0.39, 0.29) is 6.61 Å². The summed E-state index contributed by atoms with van der Waals surface area (Å²) in [5.74, 6) is 2.60. The zero-order valence-corrected chi connectivity index (χ0v) is 12.0. The van der Waals surface area contributed by atoms with Gasteiger partial charge in [0.05, 0.1) is 0 Å². The number of rotatable bonds is 7. The minimum absolute atomic E-state index is 0.222. The van der Waals surface area contributed by atoms with Crippen LogP contribution >= 0.6 is 11.8 Å². The topological polar surface area (TPSA) is 50.7 Å². The lowest BCUT2D eigenvalue weighted by Gasteiger charge is -2.20. The smallest absolute Gasteiger partial charge is 0.162 e. The van der Waals surface area contributed by atoms with Gasteiger partial charge in [0.15, 0.2) is 11.5 Å². The van der Waals surface area contributed by atoms with Gasteiger partial charge in [0.2, 0.25) is 0 Å². The number of aliphatic hydroxyl groups excluding tert-OH is 1. The molecule has 0 aromatic heterocycles. The molecule has 0 bridgehead atoms. The summed E-state index contributed by atoms with van der Waals surface area (Å²) < 4.78 is 11.1. The zero-order chi connectivity index (χ0) is 13.5. The highest BCUT2D eigenvalue weighted by molar-refractivity contribution is 7.99. The van der Waals surface area contributed by atoms with Crippen LogP contribution in [0, 0.1) is 0 Å². The average molecular weight is 283 g/mol. The number of fused-ring (bicyclic) bond motifs is 1. The molecule has 1 heterocycles. The summed E-state index contributed by atoms with van der Waals surface area (Å²) in [6, 6.07) is 6.39. The van der Waals surface area contributed by atoms with Gasteiger partial charge in [-0.2, -0.15) is 0 Å². The zero-order valence-electron chi connectivity index (χ0n) is 11.2. The van der Waals surface area contributed by atoms with Crippen LogP contribution < -0.4 is 14.8 Å². The lowest BCUT2D eigenvalue weighted by atomic mass is 10.2. The largest absolute Gasteiger partial charge is 0.486 e. The van der Waals surface area contributed by atoms with Crippen molar-refractivity contribution in [2.45, 2.75) is 24.3 Å². The predicted molar refractivity (Wildman–Crippen MR) is 77.3 cm³/mol. The molecule has 1 aromatic carbocycles. The van der Waals surface area contributed by atoms with Crippen molar-refractivity contribution in [3.8, 4) is 11.5 Å². The molecule has 2 N–H and O–H groups in total. The van der Waals surface area contributed by atoms with E-state index in [1.165, 1.54) is 4.90 Å². The van der Waals surface area contributed by atoms with Gasteiger partial charge < -0.3 is 19.9 Å². The Morgan fingerprint density at radius 3 is 2.84 bits per heavy atom. The molecule has 5 heteroatoms. The maximum atomic E-state index is 9.03. The van der Waals surface area contributed by atoms with Crippen LogP contribution in [-0.4, -0.2) is 43.3 Å². The molecule has 4 nitrogen and oxygen atoms in total. The van der Waals surface area contributed by atoms with Crippen LogP contribution in [0.1, 0.15) is 13.3 Å². The van der Waals surface area contributed by atoms with E-state index in [2.05, 4.69) is 18.3 Å². The molecule has 0 fully saturated rings. The Bertz CT molecular complexity index is 394. The number of aliphatic hydroxyl groups is 1. The number of nitrogens with one attached hydrogen (secondary N) is 1. The molecule has 1 aromatic rings. The summed E-state index contributed by atoms with van der Waals surface area (Å²) in [4.78, 5) is 1.17. The van der Waals surface area contributed by atoms with Gasteiger partial charge in [0.25, 0.3) is 0 Å². The highest BCUT2D eigenvalue weighted by atomic mass is 32.2. The average Bonchev–Trinajstić information content (AvgIpc) is 2.45. The number of hydrogen-bond acceptors (Lipinski definition) is 5. The van der Waals surface area contributed by atoms with E-state index < -0.39 is 0 Å². The second-order valence-electron chi connectivity index (χ2n) is 4.38. The van der Waals surface area contributed by atoms with Crippen molar-refractivity contribution in [1.82, 2.24) is 5.32 Å². The van der Waals surface area contributed by atoms with E-state index in [0.717, 1.165) is 30.2 Å².